The molecule has 0 aromatic carbocycles. The lowest BCUT2D eigenvalue weighted by Gasteiger charge is -2.30. The van der Waals surface area contributed by atoms with Crippen LogP contribution in [0.25, 0.3) is 0 Å². The first-order valence-electron chi connectivity index (χ1n) is 29.9. The Morgan fingerprint density at radius 1 is 0.463 bits per heavy atom. The minimum Gasteiger partial charge on any atom is -0.756 e. The average Bonchev–Trinajstić information content (AvgIpc) is 3.29. The van der Waals surface area contributed by atoms with Gasteiger partial charge in [-0.25, -0.2) is 0 Å². The predicted octanol–water partition coefficient (Wildman–Crippen LogP) is 17.4. The third-order valence-electron chi connectivity index (χ3n) is 14.1. The Kier molecular flexibility index (Phi) is 50.1. The molecule has 0 saturated carbocycles. The van der Waals surface area contributed by atoms with E-state index in [4.69, 9.17) is 9.05 Å². The molecule has 67 heavy (non-hydrogen) atoms. The number of hydrogen-bond acceptors (Lipinski definition) is 6. The highest BCUT2D eigenvalue weighted by molar-refractivity contribution is 7.45. The number of hydrogen-bond donors (Lipinski definition) is 2. The largest absolute Gasteiger partial charge is 0.756 e. The van der Waals surface area contributed by atoms with E-state index in [1.54, 1.807) is 0 Å². The van der Waals surface area contributed by atoms with Gasteiger partial charge >= 0.3 is 0 Å². The van der Waals surface area contributed by atoms with Crippen LogP contribution in [0.4, 0.5) is 0 Å². The van der Waals surface area contributed by atoms with E-state index < -0.39 is 20.0 Å². The maximum Gasteiger partial charge on any atom is 0.268 e. The van der Waals surface area contributed by atoms with Crippen molar-refractivity contribution in [3.8, 4) is 0 Å². The van der Waals surface area contributed by atoms with E-state index in [2.05, 4.69) is 19.2 Å². The van der Waals surface area contributed by atoms with Crippen molar-refractivity contribution in [3.05, 3.63) is 0 Å². The number of rotatable bonds is 56. The Balaban J connectivity index is 4.11. The fraction of sp³-hybridized carbons (Fsp3) is 0.983. The number of carbonyl (C=O) groups is 1. The number of amides is 1. The van der Waals surface area contributed by atoms with Gasteiger partial charge in [-0.15, -0.1) is 0 Å². The molecule has 0 fully saturated rings. The molecule has 0 aliphatic carbocycles. The topological polar surface area (TPSA) is 108 Å². The smallest absolute Gasteiger partial charge is 0.268 e. The zero-order valence-electron chi connectivity index (χ0n) is 45.9. The van der Waals surface area contributed by atoms with Crippen LogP contribution in [0.2, 0.25) is 0 Å². The highest BCUT2D eigenvalue weighted by Gasteiger charge is 2.24. The molecule has 0 radical (unpaired) electrons. The molecule has 0 aliphatic heterocycles. The lowest BCUT2D eigenvalue weighted by Crippen LogP contribution is -2.46. The fourth-order valence-corrected chi connectivity index (χ4v) is 10.1. The van der Waals surface area contributed by atoms with E-state index in [-0.39, 0.29) is 19.1 Å². The average molecular weight is 972 g/mol. The van der Waals surface area contributed by atoms with Crippen LogP contribution in [0.5, 0.6) is 0 Å². The lowest BCUT2D eigenvalue weighted by atomic mass is 10.0. The third-order valence-corrected chi connectivity index (χ3v) is 15.1. The minimum atomic E-state index is -4.57. The van der Waals surface area contributed by atoms with Crippen molar-refractivity contribution < 1.29 is 32.9 Å². The summed E-state index contributed by atoms with van der Waals surface area (Å²) in [5, 5.41) is 14.0. The SMILES string of the molecule is CCCCCCCCCCCCCCCCCCCCCCCCCCC(O)C(COP(=O)([O-])OCC[N+](C)(C)C)NC(=O)CCCCCCCCCCCCCCCCCCCCCCC. The maximum absolute atomic E-state index is 13.0. The van der Waals surface area contributed by atoms with Gasteiger partial charge in [0.1, 0.15) is 13.2 Å². The zero-order valence-corrected chi connectivity index (χ0v) is 46.8. The highest BCUT2D eigenvalue weighted by Crippen LogP contribution is 2.38. The summed E-state index contributed by atoms with van der Waals surface area (Å²) >= 11 is 0. The van der Waals surface area contributed by atoms with E-state index in [1.807, 2.05) is 21.1 Å². The summed E-state index contributed by atoms with van der Waals surface area (Å²) in [5.41, 5.74) is 0. The van der Waals surface area contributed by atoms with E-state index in [9.17, 15) is 19.4 Å². The van der Waals surface area contributed by atoms with Crippen LogP contribution in [0.3, 0.4) is 0 Å². The van der Waals surface area contributed by atoms with Gasteiger partial charge in [0.15, 0.2) is 0 Å². The van der Waals surface area contributed by atoms with Crippen LogP contribution < -0.4 is 10.2 Å². The first kappa shape index (κ1) is 66.5. The Labute approximate surface area is 419 Å². The number of carbonyl (C=O) groups excluding carboxylic acids is 1. The number of likely N-dealkylation sites (N-methyl/N-ethyl adjacent to an activating group) is 1. The van der Waals surface area contributed by atoms with Gasteiger partial charge in [0.25, 0.3) is 7.82 Å². The number of quaternary nitrogens is 1. The molecule has 0 spiro atoms. The van der Waals surface area contributed by atoms with Crippen molar-refractivity contribution in [1.29, 1.82) is 0 Å². The van der Waals surface area contributed by atoms with E-state index in [0.29, 0.717) is 23.9 Å². The van der Waals surface area contributed by atoms with Crippen LogP contribution in [-0.4, -0.2) is 68.5 Å². The quantitative estimate of drug-likeness (QED) is 0.0357. The van der Waals surface area contributed by atoms with Crippen molar-refractivity contribution in [2.75, 3.05) is 40.9 Å². The van der Waals surface area contributed by atoms with Crippen LogP contribution in [0.1, 0.15) is 316 Å². The van der Waals surface area contributed by atoms with Gasteiger partial charge in [-0.3, -0.25) is 9.36 Å². The Morgan fingerprint density at radius 3 is 1.01 bits per heavy atom. The molecular weight excluding hydrogens is 852 g/mol. The summed E-state index contributed by atoms with van der Waals surface area (Å²) < 4.78 is 23.5. The summed E-state index contributed by atoms with van der Waals surface area (Å²) in [7, 11) is 1.33. The molecule has 0 aromatic rings. The van der Waals surface area contributed by atoms with Crippen molar-refractivity contribution in [1.82, 2.24) is 5.32 Å². The monoisotopic (exact) mass is 971 g/mol. The molecule has 8 nitrogen and oxygen atoms in total. The van der Waals surface area contributed by atoms with E-state index in [0.717, 1.165) is 38.5 Å². The van der Waals surface area contributed by atoms with E-state index >= 15 is 0 Å². The molecule has 0 rings (SSSR count). The summed E-state index contributed by atoms with van der Waals surface area (Å²) in [6.45, 7) is 4.78. The van der Waals surface area contributed by atoms with Gasteiger partial charge < -0.3 is 28.8 Å². The standard InChI is InChI=1S/C58H119N2O6P/c1-6-8-10-12-14-16-18-20-22-24-26-28-29-30-32-33-35-37-39-41-43-45-47-49-51-57(61)56(55-66-67(63,64)65-54-53-60(3,4)5)59-58(62)52-50-48-46-44-42-40-38-36-34-31-27-25-23-21-19-17-15-13-11-9-7-2/h56-57,61H,6-55H2,1-5H3,(H-,59,62,63,64). The lowest BCUT2D eigenvalue weighted by molar-refractivity contribution is -0.870. The highest BCUT2D eigenvalue weighted by atomic mass is 31.2. The number of nitrogens with one attached hydrogen (secondary N) is 1. The molecule has 0 heterocycles. The summed E-state index contributed by atoms with van der Waals surface area (Å²) in [6, 6.07) is -0.795. The number of aliphatic hydroxyl groups is 1. The summed E-state index contributed by atoms with van der Waals surface area (Å²) in [6.07, 6.45) is 59.9. The Bertz CT molecular complexity index is 1060. The zero-order chi connectivity index (χ0) is 49.2. The molecule has 3 atom stereocenters. The van der Waals surface area contributed by atoms with Crippen molar-refractivity contribution in [3.63, 3.8) is 0 Å². The van der Waals surface area contributed by atoms with Crippen LogP contribution in [-0.2, 0) is 18.4 Å². The fourth-order valence-electron chi connectivity index (χ4n) is 9.40. The van der Waals surface area contributed by atoms with Gasteiger partial charge in [-0.05, 0) is 12.8 Å². The van der Waals surface area contributed by atoms with Crippen LogP contribution in [0.15, 0.2) is 0 Å². The molecule has 3 unspecified atom stereocenters. The molecule has 0 saturated heterocycles. The summed E-state index contributed by atoms with van der Waals surface area (Å²) in [4.78, 5) is 25.5. The normalized spacial score (nSPS) is 13.8. The molecule has 0 aromatic heterocycles. The van der Waals surface area contributed by atoms with Gasteiger partial charge in [-0.1, -0.05) is 296 Å². The number of aliphatic hydroxyl groups excluding tert-OH is 1. The Morgan fingerprint density at radius 2 is 0.731 bits per heavy atom. The van der Waals surface area contributed by atoms with Crippen LogP contribution >= 0.6 is 7.82 Å². The number of unbranched alkanes of at least 4 members (excludes halogenated alkanes) is 43. The molecule has 402 valence electrons. The molecule has 0 bridgehead atoms. The molecule has 2 N–H and O–H groups in total. The predicted molar refractivity (Wildman–Crippen MR) is 289 cm³/mol. The first-order chi connectivity index (χ1) is 32.5. The number of phosphoric acid groups is 1. The molecule has 0 aliphatic rings. The molecule has 9 heteroatoms. The van der Waals surface area contributed by atoms with Crippen molar-refractivity contribution >= 4 is 13.7 Å². The summed E-state index contributed by atoms with van der Waals surface area (Å²) in [5.74, 6) is -0.156. The second-order valence-electron chi connectivity index (χ2n) is 22.1. The van der Waals surface area contributed by atoms with Gasteiger partial charge in [-0.2, -0.15) is 0 Å². The van der Waals surface area contributed by atoms with E-state index in [1.165, 1.54) is 250 Å². The van der Waals surface area contributed by atoms with Crippen molar-refractivity contribution in [2.45, 2.75) is 328 Å². The minimum absolute atomic E-state index is 0.0167. The first-order valence-corrected chi connectivity index (χ1v) is 31.3. The Hall–Kier alpha value is -0.500. The third kappa shape index (κ3) is 53.1. The second-order valence-corrected chi connectivity index (χ2v) is 23.5. The van der Waals surface area contributed by atoms with Crippen LogP contribution in [0, 0.1) is 0 Å². The number of nitrogens with zero attached hydrogens (tertiary/aromatic N) is 1. The maximum atomic E-state index is 13.0. The van der Waals surface area contributed by atoms with Crippen molar-refractivity contribution in [2.24, 2.45) is 0 Å². The molecule has 1 amide bonds. The van der Waals surface area contributed by atoms with Gasteiger partial charge in [0.05, 0.1) is 39.9 Å². The van der Waals surface area contributed by atoms with Gasteiger partial charge in [0, 0.05) is 6.42 Å². The van der Waals surface area contributed by atoms with Gasteiger partial charge in [0.2, 0.25) is 5.91 Å². The second kappa shape index (κ2) is 50.4. The molecular formula is C58H119N2O6P. The number of phosphoric ester groups is 1.